The summed E-state index contributed by atoms with van der Waals surface area (Å²) in [7, 11) is -2.96. The molecule has 1 aliphatic rings. The molecule has 0 amide bonds. The average Bonchev–Trinajstić information content (AvgIpc) is 2.48. The molecular weight excluding hydrogens is 210 g/mol. The van der Waals surface area contributed by atoms with Crippen LogP contribution in [0.5, 0.6) is 0 Å². The Morgan fingerprint density at radius 3 is 2.53 bits per heavy atom. The van der Waals surface area contributed by atoms with Crippen molar-refractivity contribution in [1.29, 1.82) is 0 Å². The third-order valence-electron chi connectivity index (χ3n) is 3.72. The second-order valence-corrected chi connectivity index (χ2v) is 7.16. The number of hydrogen-bond donors (Lipinski definition) is 1. The van der Waals surface area contributed by atoms with E-state index in [9.17, 15) is 8.42 Å². The Balaban J connectivity index is 2.78. The molecule has 2 atom stereocenters. The molecule has 1 saturated carbocycles. The number of rotatable bonds is 5. The van der Waals surface area contributed by atoms with Gasteiger partial charge in [-0.2, -0.15) is 0 Å². The summed E-state index contributed by atoms with van der Waals surface area (Å²) in [6.45, 7) is 5.70. The molecule has 0 aromatic rings. The van der Waals surface area contributed by atoms with Crippen molar-refractivity contribution in [3.63, 3.8) is 0 Å². The summed E-state index contributed by atoms with van der Waals surface area (Å²) < 4.78 is 23.3. The van der Waals surface area contributed by atoms with Gasteiger partial charge in [-0.25, -0.2) is 8.42 Å². The SMILES string of the molecule is CCCNCC1(S(C)(=O)=O)CCCC1C. The van der Waals surface area contributed by atoms with E-state index in [4.69, 9.17) is 0 Å². The fraction of sp³-hybridized carbons (Fsp3) is 1.00. The average molecular weight is 233 g/mol. The molecule has 1 aliphatic carbocycles. The molecule has 1 fully saturated rings. The van der Waals surface area contributed by atoms with Crippen LogP contribution >= 0.6 is 0 Å². The van der Waals surface area contributed by atoms with Gasteiger partial charge in [0.25, 0.3) is 0 Å². The lowest BCUT2D eigenvalue weighted by Gasteiger charge is -2.32. The van der Waals surface area contributed by atoms with Crippen molar-refractivity contribution < 1.29 is 8.42 Å². The Morgan fingerprint density at radius 1 is 1.47 bits per heavy atom. The molecule has 2 unspecified atom stereocenters. The zero-order chi connectivity index (χ0) is 11.5. The van der Waals surface area contributed by atoms with Gasteiger partial charge in [0.15, 0.2) is 9.84 Å². The van der Waals surface area contributed by atoms with Gasteiger partial charge in [-0.1, -0.05) is 20.3 Å². The second-order valence-electron chi connectivity index (χ2n) is 4.81. The van der Waals surface area contributed by atoms with Gasteiger partial charge in [0.2, 0.25) is 0 Å². The first kappa shape index (κ1) is 13.0. The maximum Gasteiger partial charge on any atom is 0.154 e. The van der Waals surface area contributed by atoms with E-state index in [1.807, 2.05) is 0 Å². The van der Waals surface area contributed by atoms with Crippen LogP contribution in [0.1, 0.15) is 39.5 Å². The minimum atomic E-state index is -2.96. The maximum absolute atomic E-state index is 11.9. The molecule has 0 aromatic carbocycles. The van der Waals surface area contributed by atoms with Gasteiger partial charge in [0, 0.05) is 12.8 Å². The monoisotopic (exact) mass is 233 g/mol. The van der Waals surface area contributed by atoms with Crippen molar-refractivity contribution in [2.45, 2.75) is 44.3 Å². The van der Waals surface area contributed by atoms with E-state index in [2.05, 4.69) is 19.2 Å². The lowest BCUT2D eigenvalue weighted by atomic mass is 9.97. The molecule has 0 spiro atoms. The Morgan fingerprint density at radius 2 is 2.13 bits per heavy atom. The summed E-state index contributed by atoms with van der Waals surface area (Å²) >= 11 is 0. The number of nitrogens with one attached hydrogen (secondary N) is 1. The van der Waals surface area contributed by atoms with Gasteiger partial charge < -0.3 is 5.32 Å². The molecule has 90 valence electrons. The van der Waals surface area contributed by atoms with Crippen molar-refractivity contribution in [3.05, 3.63) is 0 Å². The van der Waals surface area contributed by atoms with Gasteiger partial charge in [0.05, 0.1) is 4.75 Å². The number of hydrogen-bond acceptors (Lipinski definition) is 3. The first-order valence-corrected chi connectivity index (χ1v) is 7.73. The molecule has 0 saturated heterocycles. The third-order valence-corrected chi connectivity index (χ3v) is 5.95. The highest BCUT2D eigenvalue weighted by atomic mass is 32.2. The Hall–Kier alpha value is -0.0900. The van der Waals surface area contributed by atoms with E-state index in [-0.39, 0.29) is 5.92 Å². The largest absolute Gasteiger partial charge is 0.315 e. The van der Waals surface area contributed by atoms with E-state index < -0.39 is 14.6 Å². The minimum absolute atomic E-state index is 0.289. The molecule has 0 aliphatic heterocycles. The smallest absolute Gasteiger partial charge is 0.154 e. The molecule has 0 heterocycles. The van der Waals surface area contributed by atoms with Crippen LogP contribution in [-0.4, -0.2) is 32.5 Å². The normalized spacial score (nSPS) is 32.1. The van der Waals surface area contributed by atoms with E-state index >= 15 is 0 Å². The van der Waals surface area contributed by atoms with E-state index in [1.54, 1.807) is 0 Å². The van der Waals surface area contributed by atoms with Crippen molar-refractivity contribution in [3.8, 4) is 0 Å². The van der Waals surface area contributed by atoms with Crippen LogP contribution in [0.25, 0.3) is 0 Å². The van der Waals surface area contributed by atoms with Crippen molar-refractivity contribution in [2.75, 3.05) is 19.3 Å². The van der Waals surface area contributed by atoms with E-state index in [0.29, 0.717) is 6.54 Å². The second kappa shape index (κ2) is 4.83. The Labute approximate surface area is 93.6 Å². The first-order chi connectivity index (χ1) is 6.94. The lowest BCUT2D eigenvalue weighted by molar-refractivity contribution is 0.405. The van der Waals surface area contributed by atoms with Crippen LogP contribution in [-0.2, 0) is 9.84 Å². The van der Waals surface area contributed by atoms with E-state index in [0.717, 1.165) is 32.2 Å². The third kappa shape index (κ3) is 2.53. The lowest BCUT2D eigenvalue weighted by Crippen LogP contribution is -2.49. The summed E-state index contributed by atoms with van der Waals surface area (Å²) in [6, 6.07) is 0. The van der Waals surface area contributed by atoms with Gasteiger partial charge in [0.1, 0.15) is 0 Å². The van der Waals surface area contributed by atoms with Gasteiger partial charge in [-0.05, 0) is 31.7 Å². The molecule has 4 heteroatoms. The quantitative estimate of drug-likeness (QED) is 0.734. The van der Waals surface area contributed by atoms with Crippen molar-refractivity contribution >= 4 is 9.84 Å². The van der Waals surface area contributed by atoms with E-state index in [1.165, 1.54) is 6.26 Å². The topological polar surface area (TPSA) is 46.2 Å². The predicted octanol–water partition coefficient (Wildman–Crippen LogP) is 1.59. The summed E-state index contributed by atoms with van der Waals surface area (Å²) in [5.41, 5.74) is 0. The van der Waals surface area contributed by atoms with Crippen LogP contribution in [0, 0.1) is 5.92 Å². The van der Waals surface area contributed by atoms with Gasteiger partial charge in [-0.15, -0.1) is 0 Å². The van der Waals surface area contributed by atoms with Gasteiger partial charge in [-0.3, -0.25) is 0 Å². The zero-order valence-electron chi connectivity index (χ0n) is 10.0. The summed E-state index contributed by atoms with van der Waals surface area (Å²) in [5.74, 6) is 0.289. The van der Waals surface area contributed by atoms with Crippen molar-refractivity contribution in [2.24, 2.45) is 5.92 Å². The Bertz CT molecular complexity index is 300. The summed E-state index contributed by atoms with van der Waals surface area (Å²) in [6.07, 6.45) is 5.35. The highest BCUT2D eigenvalue weighted by Gasteiger charge is 2.48. The molecular formula is C11H23NO2S. The minimum Gasteiger partial charge on any atom is -0.315 e. The molecule has 15 heavy (non-hydrogen) atoms. The molecule has 1 N–H and O–H groups in total. The summed E-state index contributed by atoms with van der Waals surface area (Å²) in [5, 5.41) is 3.28. The first-order valence-electron chi connectivity index (χ1n) is 5.84. The number of sulfone groups is 1. The molecule has 1 rings (SSSR count). The van der Waals surface area contributed by atoms with Crippen LogP contribution in [0.3, 0.4) is 0 Å². The molecule has 0 bridgehead atoms. The van der Waals surface area contributed by atoms with Crippen LogP contribution in [0.15, 0.2) is 0 Å². The highest BCUT2D eigenvalue weighted by Crippen LogP contribution is 2.40. The fourth-order valence-corrected chi connectivity index (χ4v) is 4.37. The van der Waals surface area contributed by atoms with Gasteiger partial charge >= 0.3 is 0 Å². The maximum atomic E-state index is 11.9. The molecule has 0 aromatic heterocycles. The predicted molar refractivity (Wildman–Crippen MR) is 63.8 cm³/mol. The zero-order valence-corrected chi connectivity index (χ0v) is 10.9. The summed E-state index contributed by atoms with van der Waals surface area (Å²) in [4.78, 5) is 0. The standard InChI is InChI=1S/C11H23NO2S/c1-4-8-12-9-11(15(3,13)14)7-5-6-10(11)2/h10,12H,4-9H2,1-3H3. The molecule has 3 nitrogen and oxygen atoms in total. The van der Waals surface area contributed by atoms with Crippen molar-refractivity contribution in [1.82, 2.24) is 5.32 Å². The highest BCUT2D eigenvalue weighted by molar-refractivity contribution is 7.92. The van der Waals surface area contributed by atoms with Crippen LogP contribution in [0.4, 0.5) is 0 Å². The van der Waals surface area contributed by atoms with Crippen LogP contribution in [0.2, 0.25) is 0 Å². The Kier molecular flexibility index (Phi) is 4.18. The molecule has 0 radical (unpaired) electrons. The van der Waals surface area contributed by atoms with Crippen LogP contribution < -0.4 is 5.32 Å². The fourth-order valence-electron chi connectivity index (χ4n) is 2.64.